The molecule has 21 heavy (non-hydrogen) atoms. The van der Waals surface area contributed by atoms with Crippen LogP contribution in [0.1, 0.15) is 35.5 Å². The number of rotatable bonds is 5. The molecule has 0 radical (unpaired) electrons. The summed E-state index contributed by atoms with van der Waals surface area (Å²) in [5.41, 5.74) is 4.48. The first-order valence-corrected chi connectivity index (χ1v) is 8.29. The van der Waals surface area contributed by atoms with E-state index in [2.05, 4.69) is 58.4 Å². The van der Waals surface area contributed by atoms with Gasteiger partial charge in [-0.15, -0.1) is 0 Å². The zero-order valence-electron chi connectivity index (χ0n) is 12.9. The average Bonchev–Trinajstić information content (AvgIpc) is 2.70. The second-order valence-corrected chi connectivity index (χ2v) is 6.56. The van der Waals surface area contributed by atoms with E-state index in [-0.39, 0.29) is 6.04 Å². The number of hydrogen-bond donors (Lipinski definition) is 1. The smallest absolute Gasteiger partial charge is 0.0847 e. The summed E-state index contributed by atoms with van der Waals surface area (Å²) in [6.45, 7) is 6.98. The first-order valence-electron chi connectivity index (χ1n) is 7.12. The summed E-state index contributed by atoms with van der Waals surface area (Å²) in [6.07, 6.45) is 0.819. The minimum absolute atomic E-state index is 0.208. The topological polar surface area (TPSA) is 29.9 Å². The summed E-state index contributed by atoms with van der Waals surface area (Å²) in [5, 5.41) is 8.66. The summed E-state index contributed by atoms with van der Waals surface area (Å²) in [6, 6.07) is 6.69. The molecule has 1 atom stereocenters. The molecule has 114 valence electrons. The Bertz CT molecular complexity index is 616. The maximum atomic E-state index is 6.42. The van der Waals surface area contributed by atoms with Gasteiger partial charge in [-0.25, -0.2) is 0 Å². The molecule has 0 saturated heterocycles. The lowest BCUT2D eigenvalue weighted by molar-refractivity contribution is 0.541. The van der Waals surface area contributed by atoms with Crippen LogP contribution in [0.3, 0.4) is 0 Å². The summed E-state index contributed by atoms with van der Waals surface area (Å²) in [4.78, 5) is 0. The van der Waals surface area contributed by atoms with E-state index in [1.165, 1.54) is 11.1 Å². The largest absolute Gasteiger partial charge is 0.313 e. The van der Waals surface area contributed by atoms with Gasteiger partial charge >= 0.3 is 0 Å². The molecular weight excluding hydrogens is 350 g/mol. The molecule has 2 aromatic rings. The van der Waals surface area contributed by atoms with Crippen molar-refractivity contribution in [2.24, 2.45) is 0 Å². The van der Waals surface area contributed by atoms with Gasteiger partial charge in [0.05, 0.1) is 16.4 Å². The van der Waals surface area contributed by atoms with E-state index in [0.29, 0.717) is 0 Å². The number of nitrogens with zero attached hydrogens (tertiary/aromatic N) is 2. The normalized spacial score (nSPS) is 12.7. The van der Waals surface area contributed by atoms with E-state index in [1.807, 2.05) is 18.7 Å². The Labute approximate surface area is 139 Å². The van der Waals surface area contributed by atoms with Gasteiger partial charge in [0.15, 0.2) is 0 Å². The molecule has 1 unspecified atom stereocenters. The number of halogens is 2. The van der Waals surface area contributed by atoms with E-state index < -0.39 is 0 Å². The van der Waals surface area contributed by atoms with Crippen molar-refractivity contribution in [3.63, 3.8) is 0 Å². The highest BCUT2D eigenvalue weighted by molar-refractivity contribution is 9.10. The van der Waals surface area contributed by atoms with Crippen LogP contribution in [0.25, 0.3) is 0 Å². The third-order valence-corrected chi connectivity index (χ3v) is 4.62. The Balaban J connectivity index is 2.35. The van der Waals surface area contributed by atoms with E-state index in [9.17, 15) is 0 Å². The fraction of sp³-hybridized carbons (Fsp3) is 0.438. The summed E-state index contributed by atoms with van der Waals surface area (Å²) in [5.74, 6) is 0. The van der Waals surface area contributed by atoms with Crippen molar-refractivity contribution in [1.29, 1.82) is 0 Å². The highest BCUT2D eigenvalue weighted by Crippen LogP contribution is 2.28. The molecule has 0 saturated carbocycles. The molecule has 0 aliphatic rings. The fourth-order valence-corrected chi connectivity index (χ4v) is 3.45. The molecule has 1 heterocycles. The summed E-state index contributed by atoms with van der Waals surface area (Å²) >= 11 is 9.99. The van der Waals surface area contributed by atoms with E-state index in [4.69, 9.17) is 11.6 Å². The number of aryl methyl sites for hydroxylation is 3. The van der Waals surface area contributed by atoms with Crippen LogP contribution in [0.2, 0.25) is 5.02 Å². The average molecular weight is 371 g/mol. The molecule has 5 heteroatoms. The minimum atomic E-state index is 0.208. The van der Waals surface area contributed by atoms with E-state index in [1.54, 1.807) is 0 Å². The van der Waals surface area contributed by atoms with Gasteiger partial charge in [0.1, 0.15) is 0 Å². The van der Waals surface area contributed by atoms with Crippen LogP contribution in [0, 0.1) is 13.8 Å². The zero-order valence-corrected chi connectivity index (χ0v) is 15.2. The predicted octanol–water partition coefficient (Wildman–Crippen LogP) is 4.44. The molecular formula is C16H21BrClN3. The van der Waals surface area contributed by atoms with Crippen molar-refractivity contribution in [2.75, 3.05) is 7.05 Å². The molecule has 0 aliphatic carbocycles. The van der Waals surface area contributed by atoms with Crippen molar-refractivity contribution in [3.8, 4) is 0 Å². The van der Waals surface area contributed by atoms with Crippen LogP contribution < -0.4 is 5.32 Å². The molecule has 2 rings (SSSR count). The van der Waals surface area contributed by atoms with Gasteiger partial charge < -0.3 is 5.32 Å². The third-order valence-electron chi connectivity index (χ3n) is 3.67. The van der Waals surface area contributed by atoms with Gasteiger partial charge in [0.2, 0.25) is 0 Å². The van der Waals surface area contributed by atoms with Crippen LogP contribution in [0.4, 0.5) is 0 Å². The second-order valence-electron chi connectivity index (χ2n) is 5.27. The maximum Gasteiger partial charge on any atom is 0.0847 e. The van der Waals surface area contributed by atoms with Crippen LogP contribution in [-0.2, 0) is 13.0 Å². The number of likely N-dealkylation sites (N-methyl/N-ethyl adjacent to an activating group) is 1. The lowest BCUT2D eigenvalue weighted by Crippen LogP contribution is -2.21. The number of benzene rings is 1. The molecule has 3 nitrogen and oxygen atoms in total. The van der Waals surface area contributed by atoms with Crippen molar-refractivity contribution >= 4 is 27.5 Å². The van der Waals surface area contributed by atoms with Crippen LogP contribution in [-0.4, -0.2) is 16.8 Å². The fourth-order valence-electron chi connectivity index (χ4n) is 2.61. The number of aromatic nitrogens is 2. The Hall–Kier alpha value is -0.840. The molecule has 1 aromatic heterocycles. The molecule has 0 bridgehead atoms. The lowest BCUT2D eigenvalue weighted by atomic mass is 10.00. The maximum absolute atomic E-state index is 6.42. The molecule has 1 aromatic carbocycles. The van der Waals surface area contributed by atoms with Gasteiger partial charge in [-0.3, -0.25) is 4.68 Å². The highest BCUT2D eigenvalue weighted by atomic mass is 79.9. The van der Waals surface area contributed by atoms with Crippen LogP contribution in [0.5, 0.6) is 0 Å². The Kier molecular flexibility index (Phi) is 5.47. The van der Waals surface area contributed by atoms with Gasteiger partial charge in [0.25, 0.3) is 0 Å². The standard InChI is InChI=1S/C16H21BrClN3/c1-5-21-15(16(18)11(3)20-21)9-14(19-4)12-6-10(2)7-13(17)8-12/h6-8,14,19H,5,9H2,1-4H3. The van der Waals surface area contributed by atoms with Gasteiger partial charge in [0, 0.05) is 23.5 Å². The highest BCUT2D eigenvalue weighted by Gasteiger charge is 2.18. The minimum Gasteiger partial charge on any atom is -0.313 e. The quantitative estimate of drug-likeness (QED) is 0.843. The van der Waals surface area contributed by atoms with Gasteiger partial charge in [-0.1, -0.05) is 33.6 Å². The van der Waals surface area contributed by atoms with Crippen molar-refractivity contribution < 1.29 is 0 Å². The second kappa shape index (κ2) is 6.95. The van der Waals surface area contributed by atoms with E-state index >= 15 is 0 Å². The van der Waals surface area contributed by atoms with E-state index in [0.717, 1.165) is 33.8 Å². The van der Waals surface area contributed by atoms with Crippen molar-refractivity contribution in [2.45, 2.75) is 39.8 Å². The molecule has 1 N–H and O–H groups in total. The van der Waals surface area contributed by atoms with Crippen LogP contribution >= 0.6 is 27.5 Å². The molecule has 0 spiro atoms. The number of nitrogens with one attached hydrogen (secondary N) is 1. The Morgan fingerprint density at radius 2 is 2.05 bits per heavy atom. The Morgan fingerprint density at radius 1 is 1.33 bits per heavy atom. The van der Waals surface area contributed by atoms with Crippen LogP contribution in [0.15, 0.2) is 22.7 Å². The number of hydrogen-bond acceptors (Lipinski definition) is 2. The molecule has 0 amide bonds. The zero-order chi connectivity index (χ0) is 15.6. The first kappa shape index (κ1) is 16.5. The Morgan fingerprint density at radius 3 is 2.62 bits per heavy atom. The lowest BCUT2D eigenvalue weighted by Gasteiger charge is -2.18. The molecule has 0 fully saturated rings. The van der Waals surface area contributed by atoms with Gasteiger partial charge in [-0.05, 0) is 51.1 Å². The molecule has 0 aliphatic heterocycles. The van der Waals surface area contributed by atoms with Gasteiger partial charge in [-0.2, -0.15) is 5.10 Å². The SMILES string of the molecule is CCn1nc(C)c(Cl)c1CC(NC)c1cc(C)cc(Br)c1. The summed E-state index contributed by atoms with van der Waals surface area (Å²) < 4.78 is 3.09. The predicted molar refractivity (Wildman–Crippen MR) is 92.0 cm³/mol. The van der Waals surface area contributed by atoms with Crippen molar-refractivity contribution in [1.82, 2.24) is 15.1 Å². The summed E-state index contributed by atoms with van der Waals surface area (Å²) in [7, 11) is 1.98. The third kappa shape index (κ3) is 3.68. The van der Waals surface area contributed by atoms with Crippen molar-refractivity contribution in [3.05, 3.63) is 50.2 Å². The monoisotopic (exact) mass is 369 g/mol. The first-order chi connectivity index (χ1) is 9.96.